The van der Waals surface area contributed by atoms with E-state index < -0.39 is 0 Å². The molecule has 0 saturated carbocycles. The third-order valence-corrected chi connectivity index (χ3v) is 3.89. The van der Waals surface area contributed by atoms with Crippen molar-refractivity contribution in [3.8, 4) is 5.75 Å². The first-order valence-corrected chi connectivity index (χ1v) is 7.22. The fourth-order valence-electron chi connectivity index (χ4n) is 1.71. The Morgan fingerprint density at radius 3 is 2.35 bits per heavy atom. The Morgan fingerprint density at radius 2 is 1.75 bits per heavy atom. The van der Waals surface area contributed by atoms with Crippen LogP contribution in [0.5, 0.6) is 5.75 Å². The van der Waals surface area contributed by atoms with Gasteiger partial charge in [-0.25, -0.2) is 0 Å². The van der Waals surface area contributed by atoms with E-state index in [0.29, 0.717) is 27.4 Å². The number of halogens is 3. The van der Waals surface area contributed by atoms with Crippen LogP contribution in [-0.4, -0.2) is 0 Å². The average Bonchev–Trinajstić information content (AvgIpc) is 2.41. The minimum Gasteiger partial charge on any atom is -0.487 e. The SMILES string of the molecule is C[C@@H](N)c1ccc(OCc2ccc(Cl)c(Cl)c2)c(Cl)c1. The summed E-state index contributed by atoms with van der Waals surface area (Å²) < 4.78 is 5.68. The van der Waals surface area contributed by atoms with E-state index in [4.69, 9.17) is 45.3 Å². The molecule has 0 aliphatic carbocycles. The van der Waals surface area contributed by atoms with Gasteiger partial charge in [-0.1, -0.05) is 46.9 Å². The van der Waals surface area contributed by atoms with Crippen LogP contribution < -0.4 is 10.5 Å². The summed E-state index contributed by atoms with van der Waals surface area (Å²) in [4.78, 5) is 0. The number of hydrogen-bond acceptors (Lipinski definition) is 2. The molecule has 0 spiro atoms. The van der Waals surface area contributed by atoms with Crippen molar-refractivity contribution in [2.45, 2.75) is 19.6 Å². The molecule has 20 heavy (non-hydrogen) atoms. The average molecular weight is 331 g/mol. The molecule has 5 heteroatoms. The first-order valence-electron chi connectivity index (χ1n) is 6.09. The minimum absolute atomic E-state index is 0.0587. The summed E-state index contributed by atoms with van der Waals surface area (Å²) in [6.07, 6.45) is 0. The number of nitrogens with two attached hydrogens (primary N) is 1. The minimum atomic E-state index is -0.0587. The highest BCUT2D eigenvalue weighted by Crippen LogP contribution is 2.29. The van der Waals surface area contributed by atoms with Gasteiger partial charge in [-0.3, -0.25) is 0 Å². The summed E-state index contributed by atoms with van der Waals surface area (Å²) in [5.41, 5.74) is 7.69. The molecule has 2 nitrogen and oxygen atoms in total. The smallest absolute Gasteiger partial charge is 0.138 e. The highest BCUT2D eigenvalue weighted by atomic mass is 35.5. The van der Waals surface area contributed by atoms with Gasteiger partial charge >= 0.3 is 0 Å². The largest absolute Gasteiger partial charge is 0.487 e. The van der Waals surface area contributed by atoms with Crippen molar-refractivity contribution in [3.63, 3.8) is 0 Å². The Kier molecular flexibility index (Phi) is 5.17. The molecule has 0 aliphatic heterocycles. The van der Waals surface area contributed by atoms with Gasteiger partial charge in [-0.2, -0.15) is 0 Å². The Bertz CT molecular complexity index is 614. The summed E-state index contributed by atoms with van der Waals surface area (Å²) in [5.74, 6) is 0.613. The van der Waals surface area contributed by atoms with Crippen LogP contribution in [-0.2, 0) is 6.61 Å². The zero-order valence-corrected chi connectivity index (χ0v) is 13.1. The van der Waals surface area contributed by atoms with E-state index in [2.05, 4.69) is 0 Å². The summed E-state index contributed by atoms with van der Waals surface area (Å²) in [7, 11) is 0. The molecule has 2 aromatic rings. The fourth-order valence-corrected chi connectivity index (χ4v) is 2.27. The van der Waals surface area contributed by atoms with Gasteiger partial charge in [0.1, 0.15) is 12.4 Å². The van der Waals surface area contributed by atoms with Crippen molar-refractivity contribution < 1.29 is 4.74 Å². The van der Waals surface area contributed by atoms with Gasteiger partial charge in [0, 0.05) is 6.04 Å². The van der Waals surface area contributed by atoms with Crippen LogP contribution in [0.2, 0.25) is 15.1 Å². The molecular weight excluding hydrogens is 317 g/mol. The van der Waals surface area contributed by atoms with Crippen molar-refractivity contribution in [3.05, 3.63) is 62.6 Å². The molecule has 2 aromatic carbocycles. The number of rotatable bonds is 4. The van der Waals surface area contributed by atoms with Crippen LogP contribution in [0.3, 0.4) is 0 Å². The first kappa shape index (κ1) is 15.5. The fraction of sp³-hybridized carbons (Fsp3) is 0.200. The van der Waals surface area contributed by atoms with E-state index in [1.165, 1.54) is 0 Å². The van der Waals surface area contributed by atoms with Crippen LogP contribution in [0.4, 0.5) is 0 Å². The molecule has 0 saturated heterocycles. The lowest BCUT2D eigenvalue weighted by molar-refractivity contribution is 0.306. The molecule has 0 aromatic heterocycles. The van der Waals surface area contributed by atoms with Gasteiger partial charge in [0.15, 0.2) is 0 Å². The van der Waals surface area contributed by atoms with Gasteiger partial charge in [-0.15, -0.1) is 0 Å². The quantitative estimate of drug-likeness (QED) is 0.831. The standard InChI is InChI=1S/C15H14Cl3NO/c1-9(19)11-3-5-15(14(18)7-11)20-8-10-2-4-12(16)13(17)6-10/h2-7,9H,8,19H2,1H3/t9-/m1/s1. The molecule has 0 amide bonds. The molecule has 0 radical (unpaired) electrons. The third kappa shape index (κ3) is 3.80. The zero-order chi connectivity index (χ0) is 14.7. The molecule has 1 atom stereocenters. The van der Waals surface area contributed by atoms with E-state index in [1.54, 1.807) is 12.1 Å². The maximum atomic E-state index is 6.17. The summed E-state index contributed by atoms with van der Waals surface area (Å²) in [5, 5.41) is 1.57. The highest BCUT2D eigenvalue weighted by molar-refractivity contribution is 6.42. The Hall–Kier alpha value is -0.930. The lowest BCUT2D eigenvalue weighted by atomic mass is 10.1. The van der Waals surface area contributed by atoms with Gasteiger partial charge in [-0.05, 0) is 42.3 Å². The zero-order valence-electron chi connectivity index (χ0n) is 10.9. The van der Waals surface area contributed by atoms with Crippen LogP contribution in [0.1, 0.15) is 24.1 Å². The second-order valence-corrected chi connectivity index (χ2v) is 5.74. The molecule has 0 bridgehead atoms. The maximum Gasteiger partial charge on any atom is 0.138 e. The summed E-state index contributed by atoms with van der Waals surface area (Å²) in [6.45, 7) is 2.27. The normalized spacial score (nSPS) is 12.2. The summed E-state index contributed by atoms with van der Waals surface area (Å²) >= 11 is 18.0. The molecule has 0 unspecified atom stereocenters. The Morgan fingerprint density at radius 1 is 1.00 bits per heavy atom. The second-order valence-electron chi connectivity index (χ2n) is 4.52. The van der Waals surface area contributed by atoms with Crippen molar-refractivity contribution in [1.29, 1.82) is 0 Å². The molecule has 0 aliphatic rings. The van der Waals surface area contributed by atoms with Crippen LogP contribution in [0.25, 0.3) is 0 Å². The topological polar surface area (TPSA) is 35.2 Å². The lowest BCUT2D eigenvalue weighted by Gasteiger charge is -2.11. The monoisotopic (exact) mass is 329 g/mol. The van der Waals surface area contributed by atoms with Gasteiger partial charge < -0.3 is 10.5 Å². The summed E-state index contributed by atoms with van der Waals surface area (Å²) in [6, 6.07) is 10.8. The van der Waals surface area contributed by atoms with E-state index >= 15 is 0 Å². The van der Waals surface area contributed by atoms with Crippen LogP contribution >= 0.6 is 34.8 Å². The van der Waals surface area contributed by atoms with E-state index in [1.807, 2.05) is 31.2 Å². The van der Waals surface area contributed by atoms with Crippen molar-refractivity contribution in [1.82, 2.24) is 0 Å². The molecule has 0 fully saturated rings. The van der Waals surface area contributed by atoms with Gasteiger partial charge in [0.25, 0.3) is 0 Å². The number of ether oxygens (including phenoxy) is 1. The van der Waals surface area contributed by atoms with E-state index in [9.17, 15) is 0 Å². The predicted molar refractivity (Wildman–Crippen MR) is 84.8 cm³/mol. The van der Waals surface area contributed by atoms with Crippen LogP contribution in [0.15, 0.2) is 36.4 Å². The Labute approximate surface area is 133 Å². The molecular formula is C15H14Cl3NO. The lowest BCUT2D eigenvalue weighted by Crippen LogP contribution is -2.05. The maximum absolute atomic E-state index is 6.17. The van der Waals surface area contributed by atoms with Gasteiger partial charge in [0.2, 0.25) is 0 Å². The second kappa shape index (κ2) is 6.68. The van der Waals surface area contributed by atoms with Crippen molar-refractivity contribution >= 4 is 34.8 Å². The predicted octanol–water partition coefficient (Wildman–Crippen LogP) is 5.25. The van der Waals surface area contributed by atoms with Crippen molar-refractivity contribution in [2.24, 2.45) is 5.73 Å². The van der Waals surface area contributed by atoms with Crippen LogP contribution in [0, 0.1) is 0 Å². The number of benzene rings is 2. The molecule has 106 valence electrons. The van der Waals surface area contributed by atoms with Crippen molar-refractivity contribution in [2.75, 3.05) is 0 Å². The van der Waals surface area contributed by atoms with E-state index in [-0.39, 0.29) is 6.04 Å². The third-order valence-electron chi connectivity index (χ3n) is 2.86. The molecule has 2 N–H and O–H groups in total. The highest BCUT2D eigenvalue weighted by Gasteiger charge is 2.07. The number of hydrogen-bond donors (Lipinski definition) is 1. The first-order chi connectivity index (χ1) is 9.47. The Balaban J connectivity index is 2.09. The van der Waals surface area contributed by atoms with E-state index in [0.717, 1.165) is 11.1 Å². The molecule has 0 heterocycles. The van der Waals surface area contributed by atoms with Gasteiger partial charge in [0.05, 0.1) is 15.1 Å². The molecule has 2 rings (SSSR count).